The van der Waals surface area contributed by atoms with Crippen LogP contribution in [0.1, 0.15) is 43.0 Å². The summed E-state index contributed by atoms with van der Waals surface area (Å²) in [4.78, 5) is 19.7. The van der Waals surface area contributed by atoms with Crippen molar-refractivity contribution in [1.29, 1.82) is 0 Å². The molecule has 150 valence electrons. The molecule has 6 heteroatoms. The van der Waals surface area contributed by atoms with Gasteiger partial charge in [-0.2, -0.15) is 0 Å². The Morgan fingerprint density at radius 2 is 1.79 bits per heavy atom. The molecule has 0 aliphatic carbocycles. The first-order chi connectivity index (χ1) is 13.2. The van der Waals surface area contributed by atoms with Crippen molar-refractivity contribution in [3.8, 4) is 5.75 Å². The van der Waals surface area contributed by atoms with Gasteiger partial charge in [0.15, 0.2) is 5.78 Å². The summed E-state index contributed by atoms with van der Waals surface area (Å²) >= 11 is 3.42. The maximum atomic E-state index is 12.9. The van der Waals surface area contributed by atoms with Gasteiger partial charge in [0, 0.05) is 28.7 Å². The highest BCUT2D eigenvalue weighted by atomic mass is 79.9. The molecule has 4 nitrogen and oxygen atoms in total. The van der Waals surface area contributed by atoms with Gasteiger partial charge in [0.1, 0.15) is 11.6 Å². The van der Waals surface area contributed by atoms with E-state index >= 15 is 0 Å². The largest absolute Gasteiger partial charge is 0.494 e. The number of nitrogens with zero attached hydrogens (tertiary/aromatic N) is 2. The minimum atomic E-state index is 0. The van der Waals surface area contributed by atoms with Gasteiger partial charge in [0.25, 0.3) is 0 Å². The molecular weight excluding hydrogens is 484 g/mol. The second-order valence-electron chi connectivity index (χ2n) is 6.55. The molecule has 0 amide bonds. The minimum absolute atomic E-state index is 0. The van der Waals surface area contributed by atoms with Gasteiger partial charge >= 0.3 is 0 Å². The van der Waals surface area contributed by atoms with Crippen LogP contribution in [-0.4, -0.2) is 31.3 Å². The van der Waals surface area contributed by atoms with Crippen LogP contribution in [0.25, 0.3) is 0 Å². The summed E-state index contributed by atoms with van der Waals surface area (Å²) in [6.45, 7) is 3.72. The third-order valence-corrected chi connectivity index (χ3v) is 5.12. The van der Waals surface area contributed by atoms with E-state index in [0.717, 1.165) is 47.6 Å². The number of carbonyl (C=O) groups is 1. The fraction of sp³-hybridized carbons (Fsp3) is 0.364. The third kappa shape index (κ3) is 6.17. The van der Waals surface area contributed by atoms with E-state index in [1.807, 2.05) is 55.5 Å². The molecule has 0 spiro atoms. The monoisotopic (exact) mass is 508 g/mol. The van der Waals surface area contributed by atoms with Crippen molar-refractivity contribution in [2.75, 3.05) is 24.6 Å². The highest BCUT2D eigenvalue weighted by Gasteiger charge is 2.19. The Bertz CT molecular complexity index is 789. The number of ketones is 1. The lowest BCUT2D eigenvalue weighted by molar-refractivity contribution is 0.100. The number of carbonyl (C=O) groups excluding carboxylic acids is 1. The molecule has 28 heavy (non-hydrogen) atoms. The number of ether oxygens (including phenoxy) is 1. The zero-order valence-electron chi connectivity index (χ0n) is 16.1. The highest BCUT2D eigenvalue weighted by molar-refractivity contribution is 9.10. The molecule has 2 aromatic rings. The molecule has 3 rings (SSSR count). The zero-order valence-corrected chi connectivity index (χ0v) is 19.4. The number of anilines is 1. The molecule has 0 saturated carbocycles. The molecular formula is C22H26Br2N2O2. The summed E-state index contributed by atoms with van der Waals surface area (Å²) in [7, 11) is 0. The van der Waals surface area contributed by atoms with Crippen LogP contribution in [0.15, 0.2) is 58.0 Å². The smallest absolute Gasteiger partial charge is 0.182 e. The first-order valence-electron chi connectivity index (χ1n) is 9.50. The predicted molar refractivity (Wildman–Crippen MR) is 125 cm³/mol. The number of hydrogen-bond donors (Lipinski definition) is 0. The third-order valence-electron chi connectivity index (χ3n) is 4.59. The number of benzene rings is 2. The maximum Gasteiger partial charge on any atom is 0.182 e. The molecule has 1 aliphatic rings. The predicted octanol–water partition coefficient (Wildman–Crippen LogP) is 6.09. The summed E-state index contributed by atoms with van der Waals surface area (Å²) < 4.78 is 6.52. The Hall–Kier alpha value is -1.66. The van der Waals surface area contributed by atoms with Crippen LogP contribution >= 0.6 is 32.9 Å². The number of aliphatic imine (C=N–C) groups is 1. The fourth-order valence-electron chi connectivity index (χ4n) is 3.17. The lowest BCUT2D eigenvalue weighted by Crippen LogP contribution is -2.36. The van der Waals surface area contributed by atoms with Gasteiger partial charge in [-0.05, 0) is 56.2 Å². The zero-order chi connectivity index (χ0) is 19.1. The summed E-state index contributed by atoms with van der Waals surface area (Å²) in [6, 6.07) is 15.4. The Labute approximate surface area is 185 Å². The highest BCUT2D eigenvalue weighted by Crippen LogP contribution is 2.23. The van der Waals surface area contributed by atoms with Crippen LogP contribution in [0.3, 0.4) is 0 Å². The SMILES string of the molecule is Br.CCOc1ccc(N(CC(=O)c2ccc(Br)cc2)C2=NCCCCC2)cc1. The summed E-state index contributed by atoms with van der Waals surface area (Å²) in [5.74, 6) is 1.92. The Balaban J connectivity index is 0.00000280. The molecule has 0 N–H and O–H groups in total. The molecule has 0 unspecified atom stereocenters. The number of rotatable bonds is 6. The number of hydrogen-bond acceptors (Lipinski definition) is 4. The molecule has 0 fully saturated rings. The first kappa shape index (κ1) is 22.6. The summed E-state index contributed by atoms with van der Waals surface area (Å²) in [5, 5.41) is 0. The second kappa shape index (κ2) is 11.4. The molecule has 0 aromatic heterocycles. The molecule has 0 radical (unpaired) electrons. The van der Waals surface area contributed by atoms with Gasteiger partial charge in [0.05, 0.1) is 13.2 Å². The molecule has 1 aliphatic heterocycles. The van der Waals surface area contributed by atoms with Crippen LogP contribution in [0.4, 0.5) is 5.69 Å². The van der Waals surface area contributed by atoms with E-state index in [0.29, 0.717) is 12.2 Å². The fourth-order valence-corrected chi connectivity index (χ4v) is 3.43. The standard InChI is InChI=1S/C22H25BrN2O2.BrH/c1-2-27-20-13-11-19(12-14-20)25(22-6-4-3-5-15-24-22)16-21(26)17-7-9-18(23)10-8-17;/h7-14H,2-6,15-16H2,1H3;1H. The van der Waals surface area contributed by atoms with E-state index < -0.39 is 0 Å². The quantitative estimate of drug-likeness (QED) is 0.442. The van der Waals surface area contributed by atoms with Crippen LogP contribution in [-0.2, 0) is 0 Å². The van der Waals surface area contributed by atoms with Crippen molar-refractivity contribution in [3.63, 3.8) is 0 Å². The van der Waals surface area contributed by atoms with Crippen LogP contribution in [0, 0.1) is 0 Å². The van der Waals surface area contributed by atoms with Crippen molar-refractivity contribution < 1.29 is 9.53 Å². The number of halogens is 2. The Kier molecular flexibility index (Phi) is 9.19. The van der Waals surface area contributed by atoms with E-state index in [4.69, 9.17) is 9.73 Å². The number of amidine groups is 1. The van der Waals surface area contributed by atoms with Gasteiger partial charge in [-0.1, -0.05) is 34.5 Å². The van der Waals surface area contributed by atoms with Crippen LogP contribution in [0.5, 0.6) is 5.75 Å². The van der Waals surface area contributed by atoms with Gasteiger partial charge in [-0.3, -0.25) is 9.79 Å². The van der Waals surface area contributed by atoms with Crippen LogP contribution in [0.2, 0.25) is 0 Å². The molecule has 0 saturated heterocycles. The Morgan fingerprint density at radius 1 is 1.07 bits per heavy atom. The molecule has 0 bridgehead atoms. The van der Waals surface area contributed by atoms with E-state index in [-0.39, 0.29) is 29.3 Å². The average molecular weight is 510 g/mol. The summed E-state index contributed by atoms with van der Waals surface area (Å²) in [5.41, 5.74) is 1.69. The topological polar surface area (TPSA) is 41.9 Å². The normalized spacial score (nSPS) is 13.7. The van der Waals surface area contributed by atoms with Crippen molar-refractivity contribution in [2.45, 2.75) is 32.6 Å². The average Bonchev–Trinajstić information content (AvgIpc) is 2.97. The van der Waals surface area contributed by atoms with E-state index in [9.17, 15) is 4.79 Å². The van der Waals surface area contributed by atoms with Crippen molar-refractivity contribution in [3.05, 3.63) is 58.6 Å². The first-order valence-corrected chi connectivity index (χ1v) is 10.3. The van der Waals surface area contributed by atoms with E-state index in [1.165, 1.54) is 6.42 Å². The maximum absolute atomic E-state index is 12.9. The van der Waals surface area contributed by atoms with Gasteiger partial charge < -0.3 is 9.64 Å². The van der Waals surface area contributed by atoms with Gasteiger partial charge in [-0.15, -0.1) is 17.0 Å². The van der Waals surface area contributed by atoms with Crippen molar-refractivity contribution in [1.82, 2.24) is 0 Å². The number of Topliss-reactive ketones (excluding diaryl/α,β-unsaturated/α-hetero) is 1. The second-order valence-corrected chi connectivity index (χ2v) is 7.47. The van der Waals surface area contributed by atoms with E-state index in [2.05, 4.69) is 20.8 Å². The molecule has 1 heterocycles. The van der Waals surface area contributed by atoms with E-state index in [1.54, 1.807) is 0 Å². The minimum Gasteiger partial charge on any atom is -0.494 e. The molecule has 0 atom stereocenters. The van der Waals surface area contributed by atoms with Gasteiger partial charge in [-0.25, -0.2) is 0 Å². The van der Waals surface area contributed by atoms with Gasteiger partial charge in [0.2, 0.25) is 0 Å². The lowest BCUT2D eigenvalue weighted by Gasteiger charge is -2.26. The Morgan fingerprint density at radius 3 is 2.46 bits per heavy atom. The van der Waals surface area contributed by atoms with Crippen molar-refractivity contribution in [2.24, 2.45) is 4.99 Å². The van der Waals surface area contributed by atoms with Crippen LogP contribution < -0.4 is 9.64 Å². The molecule has 2 aromatic carbocycles. The van der Waals surface area contributed by atoms with Crippen molar-refractivity contribution >= 4 is 50.2 Å². The summed E-state index contributed by atoms with van der Waals surface area (Å²) in [6.07, 6.45) is 4.31. The lowest BCUT2D eigenvalue weighted by atomic mass is 10.1.